The summed E-state index contributed by atoms with van der Waals surface area (Å²) in [5, 5.41) is 12.1. The minimum Gasteiger partial charge on any atom is -0.449 e. The molecule has 4 rings (SSSR count). The maximum absolute atomic E-state index is 12.4. The highest BCUT2D eigenvalue weighted by Crippen LogP contribution is 2.23. The van der Waals surface area contributed by atoms with Crippen molar-refractivity contribution in [3.8, 4) is 17.1 Å². The molecule has 0 aliphatic heterocycles. The average molecular weight is 360 g/mol. The number of carbonyl (C=O) groups is 1. The van der Waals surface area contributed by atoms with Gasteiger partial charge in [-0.15, -0.1) is 10.2 Å². The van der Waals surface area contributed by atoms with Gasteiger partial charge in [0.15, 0.2) is 6.10 Å². The zero-order chi connectivity index (χ0) is 18.6. The van der Waals surface area contributed by atoms with E-state index in [9.17, 15) is 4.79 Å². The first-order valence-corrected chi connectivity index (χ1v) is 8.40. The van der Waals surface area contributed by atoms with Gasteiger partial charge in [0, 0.05) is 18.0 Å². The van der Waals surface area contributed by atoms with E-state index >= 15 is 0 Å². The molecule has 0 N–H and O–H groups in total. The van der Waals surface area contributed by atoms with E-state index < -0.39 is 12.1 Å². The van der Waals surface area contributed by atoms with Crippen LogP contribution in [0.4, 0.5) is 0 Å². The van der Waals surface area contributed by atoms with Crippen LogP contribution in [0, 0.1) is 0 Å². The maximum atomic E-state index is 12.4. The lowest BCUT2D eigenvalue weighted by Crippen LogP contribution is -2.09. The van der Waals surface area contributed by atoms with Crippen LogP contribution in [0.25, 0.3) is 17.1 Å². The fourth-order valence-electron chi connectivity index (χ4n) is 2.55. The Kier molecular flexibility index (Phi) is 4.49. The first kappa shape index (κ1) is 16.7. The minimum absolute atomic E-state index is 0.246. The van der Waals surface area contributed by atoms with E-state index in [0.717, 1.165) is 11.3 Å². The fourth-order valence-corrected chi connectivity index (χ4v) is 2.55. The third-order valence-corrected chi connectivity index (χ3v) is 3.96. The minimum atomic E-state index is -0.659. The van der Waals surface area contributed by atoms with Crippen molar-refractivity contribution in [1.82, 2.24) is 20.0 Å². The number of nitrogens with zero attached hydrogens (tertiary/aromatic N) is 4. The van der Waals surface area contributed by atoms with Gasteiger partial charge in [-0.25, -0.2) is 9.48 Å². The van der Waals surface area contributed by atoms with Crippen molar-refractivity contribution in [2.24, 2.45) is 0 Å². The third kappa shape index (κ3) is 3.62. The Morgan fingerprint density at radius 1 is 1.04 bits per heavy atom. The zero-order valence-corrected chi connectivity index (χ0v) is 14.5. The Morgan fingerprint density at radius 3 is 2.52 bits per heavy atom. The van der Waals surface area contributed by atoms with E-state index in [2.05, 4.69) is 15.3 Å². The van der Waals surface area contributed by atoms with Gasteiger partial charge < -0.3 is 9.15 Å². The number of hydrogen-bond donors (Lipinski definition) is 0. The summed E-state index contributed by atoms with van der Waals surface area (Å²) >= 11 is 0. The summed E-state index contributed by atoms with van der Waals surface area (Å²) in [7, 11) is 0. The number of aromatic nitrogens is 4. The van der Waals surface area contributed by atoms with Gasteiger partial charge in [0.1, 0.15) is 0 Å². The summed E-state index contributed by atoms with van der Waals surface area (Å²) in [5.41, 5.74) is 2.10. The van der Waals surface area contributed by atoms with Crippen LogP contribution >= 0.6 is 0 Å². The van der Waals surface area contributed by atoms with Gasteiger partial charge >= 0.3 is 5.97 Å². The Balaban J connectivity index is 1.44. The summed E-state index contributed by atoms with van der Waals surface area (Å²) in [6.07, 6.45) is 2.86. The van der Waals surface area contributed by atoms with Gasteiger partial charge in [0.2, 0.25) is 5.89 Å². The topological polar surface area (TPSA) is 83.0 Å². The molecular formula is C20H16N4O3. The van der Waals surface area contributed by atoms with Crippen LogP contribution in [0.15, 0.2) is 77.5 Å². The molecule has 7 heteroatoms. The Labute approximate surface area is 155 Å². The van der Waals surface area contributed by atoms with E-state index in [1.54, 1.807) is 42.1 Å². The summed E-state index contributed by atoms with van der Waals surface area (Å²) in [4.78, 5) is 12.4. The smallest absolute Gasteiger partial charge is 0.338 e. The highest BCUT2D eigenvalue weighted by molar-refractivity contribution is 5.89. The second-order valence-electron chi connectivity index (χ2n) is 5.86. The molecular weight excluding hydrogens is 344 g/mol. The molecule has 0 aliphatic carbocycles. The number of carbonyl (C=O) groups excluding carboxylic acids is 1. The lowest BCUT2D eigenvalue weighted by Gasteiger charge is -2.10. The molecule has 0 radical (unpaired) electrons. The number of hydrogen-bond acceptors (Lipinski definition) is 6. The molecule has 2 aromatic heterocycles. The molecule has 0 saturated carbocycles. The SMILES string of the molecule is CC(OC(=O)c1ccc(-n2cccn2)cc1)c1nnc(-c2ccccc2)o1. The molecule has 134 valence electrons. The van der Waals surface area contributed by atoms with Crippen LogP contribution in [0.5, 0.6) is 0 Å². The van der Waals surface area contributed by atoms with Crippen LogP contribution in [0.1, 0.15) is 29.3 Å². The third-order valence-electron chi connectivity index (χ3n) is 3.96. The van der Waals surface area contributed by atoms with Crippen LogP contribution < -0.4 is 0 Å². The zero-order valence-electron chi connectivity index (χ0n) is 14.5. The summed E-state index contributed by atoms with van der Waals surface area (Å²) in [6, 6.07) is 18.2. The van der Waals surface area contributed by atoms with Gasteiger partial charge in [-0.05, 0) is 49.4 Å². The Morgan fingerprint density at radius 2 is 1.81 bits per heavy atom. The Bertz CT molecular complexity index is 1020. The average Bonchev–Trinajstić information content (AvgIpc) is 3.41. The fraction of sp³-hybridized carbons (Fsp3) is 0.100. The lowest BCUT2D eigenvalue weighted by molar-refractivity contribution is 0.0280. The number of rotatable bonds is 5. The van der Waals surface area contributed by atoms with Crippen molar-refractivity contribution >= 4 is 5.97 Å². The highest BCUT2D eigenvalue weighted by atomic mass is 16.6. The summed E-state index contributed by atoms with van der Waals surface area (Å²) in [5.74, 6) is 0.168. The summed E-state index contributed by atoms with van der Waals surface area (Å²) in [6.45, 7) is 1.69. The van der Waals surface area contributed by atoms with E-state index in [0.29, 0.717) is 11.5 Å². The van der Waals surface area contributed by atoms with Crippen molar-refractivity contribution in [2.45, 2.75) is 13.0 Å². The largest absolute Gasteiger partial charge is 0.449 e. The van der Waals surface area contributed by atoms with Crippen LogP contribution in [-0.4, -0.2) is 25.9 Å². The van der Waals surface area contributed by atoms with Gasteiger partial charge in [-0.1, -0.05) is 18.2 Å². The predicted octanol–water partition coefficient (Wildman–Crippen LogP) is 3.84. The van der Waals surface area contributed by atoms with E-state index in [4.69, 9.17) is 9.15 Å². The first-order valence-electron chi connectivity index (χ1n) is 8.40. The van der Waals surface area contributed by atoms with Gasteiger partial charge in [0.05, 0.1) is 11.3 Å². The maximum Gasteiger partial charge on any atom is 0.338 e. The number of ether oxygens (including phenoxy) is 1. The monoisotopic (exact) mass is 360 g/mol. The van der Waals surface area contributed by atoms with E-state index in [1.807, 2.05) is 42.6 Å². The number of benzene rings is 2. The standard InChI is InChI=1S/C20H16N4O3/c1-14(18-22-23-19(27-18)15-6-3-2-4-7-15)26-20(25)16-8-10-17(11-9-16)24-13-5-12-21-24/h2-14H,1H3. The normalized spacial score (nSPS) is 11.9. The molecule has 0 bridgehead atoms. The predicted molar refractivity (Wildman–Crippen MR) is 97.1 cm³/mol. The molecule has 7 nitrogen and oxygen atoms in total. The van der Waals surface area contributed by atoms with Gasteiger partial charge in [0.25, 0.3) is 5.89 Å². The molecule has 1 atom stereocenters. The molecule has 2 aromatic carbocycles. The molecule has 27 heavy (non-hydrogen) atoms. The highest BCUT2D eigenvalue weighted by Gasteiger charge is 2.20. The van der Waals surface area contributed by atoms with Gasteiger partial charge in [-0.2, -0.15) is 5.10 Å². The van der Waals surface area contributed by atoms with Crippen molar-refractivity contribution in [1.29, 1.82) is 0 Å². The van der Waals surface area contributed by atoms with Crippen LogP contribution in [0.3, 0.4) is 0 Å². The first-order chi connectivity index (χ1) is 13.2. The number of esters is 1. The van der Waals surface area contributed by atoms with Crippen LogP contribution in [-0.2, 0) is 4.74 Å². The lowest BCUT2D eigenvalue weighted by atomic mass is 10.2. The van der Waals surface area contributed by atoms with E-state index in [1.165, 1.54) is 0 Å². The van der Waals surface area contributed by atoms with Crippen molar-refractivity contribution < 1.29 is 13.9 Å². The molecule has 0 saturated heterocycles. The molecule has 0 aliphatic rings. The molecule has 1 unspecified atom stereocenters. The molecule has 2 heterocycles. The molecule has 0 amide bonds. The Hall–Kier alpha value is -3.74. The van der Waals surface area contributed by atoms with Crippen molar-refractivity contribution in [3.05, 3.63) is 84.5 Å². The second kappa shape index (κ2) is 7.25. The second-order valence-corrected chi connectivity index (χ2v) is 5.86. The van der Waals surface area contributed by atoms with Crippen LogP contribution in [0.2, 0.25) is 0 Å². The van der Waals surface area contributed by atoms with E-state index in [-0.39, 0.29) is 5.89 Å². The molecule has 4 aromatic rings. The van der Waals surface area contributed by atoms with Gasteiger partial charge in [-0.3, -0.25) is 0 Å². The molecule has 0 spiro atoms. The summed E-state index contributed by atoms with van der Waals surface area (Å²) < 4.78 is 12.8. The molecule has 0 fully saturated rings. The van der Waals surface area contributed by atoms with Crippen molar-refractivity contribution in [2.75, 3.05) is 0 Å². The quantitative estimate of drug-likeness (QED) is 0.503. The van der Waals surface area contributed by atoms with Crippen molar-refractivity contribution in [3.63, 3.8) is 0 Å².